The van der Waals surface area contributed by atoms with Crippen LogP contribution >= 0.6 is 0 Å². The van der Waals surface area contributed by atoms with Crippen molar-refractivity contribution in [2.24, 2.45) is 11.5 Å². The number of nitrogens with two attached hydrogens (primary N) is 2. The largest absolute Gasteiger partial charge is 0.480 e. The van der Waals surface area contributed by atoms with Gasteiger partial charge in [-0.05, 0) is 5.56 Å². The zero-order valence-electron chi connectivity index (χ0n) is 15.0. The molecule has 0 aromatic heterocycles. The monoisotopic (exact) mass is 393 g/mol. The van der Waals surface area contributed by atoms with E-state index in [2.05, 4.69) is 16.0 Å². The van der Waals surface area contributed by atoms with Crippen LogP contribution in [0, 0.1) is 0 Å². The number of amides is 4. The molecule has 0 aliphatic carbocycles. The molecule has 0 heterocycles. The maximum absolute atomic E-state index is 12.5. The van der Waals surface area contributed by atoms with Crippen molar-refractivity contribution in [2.45, 2.75) is 24.9 Å². The normalized spacial score (nSPS) is 12.3. The first kappa shape index (κ1) is 22.6. The predicted octanol–water partition coefficient (Wildman–Crippen LogP) is -2.77. The molecule has 8 N–H and O–H groups in total. The first-order valence-corrected chi connectivity index (χ1v) is 8.34. The maximum Gasteiger partial charge on any atom is 0.322 e. The van der Waals surface area contributed by atoms with Gasteiger partial charge in [-0.25, -0.2) is 0 Å². The van der Waals surface area contributed by atoms with Gasteiger partial charge in [0.2, 0.25) is 23.6 Å². The number of carboxylic acids is 1. The molecule has 1 aromatic rings. The van der Waals surface area contributed by atoms with Gasteiger partial charge in [0.1, 0.15) is 18.6 Å². The first-order chi connectivity index (χ1) is 13.2. The van der Waals surface area contributed by atoms with Crippen LogP contribution in [0.1, 0.15) is 12.0 Å². The van der Waals surface area contributed by atoms with Gasteiger partial charge in [-0.3, -0.25) is 24.0 Å². The number of primary amides is 1. The van der Waals surface area contributed by atoms with Crippen molar-refractivity contribution in [3.63, 3.8) is 0 Å². The highest BCUT2D eigenvalue weighted by Gasteiger charge is 2.28. The molecule has 0 fully saturated rings. The summed E-state index contributed by atoms with van der Waals surface area (Å²) in [6, 6.07) is 6.23. The van der Waals surface area contributed by atoms with E-state index < -0.39 is 61.2 Å². The number of rotatable bonds is 11. The lowest BCUT2D eigenvalue weighted by atomic mass is 10.0. The van der Waals surface area contributed by atoms with Gasteiger partial charge in [0.15, 0.2) is 0 Å². The van der Waals surface area contributed by atoms with Gasteiger partial charge in [-0.15, -0.1) is 0 Å². The molecule has 11 nitrogen and oxygen atoms in total. The van der Waals surface area contributed by atoms with Gasteiger partial charge < -0.3 is 32.5 Å². The number of nitrogens with one attached hydrogen (secondary N) is 3. The fourth-order valence-electron chi connectivity index (χ4n) is 2.28. The molecule has 2 unspecified atom stereocenters. The highest BCUT2D eigenvalue weighted by Crippen LogP contribution is 2.05. The predicted molar refractivity (Wildman–Crippen MR) is 97.5 cm³/mol. The van der Waals surface area contributed by atoms with Gasteiger partial charge in [0.05, 0.1) is 13.0 Å². The molecular formula is C17H23N5O6. The SMILES string of the molecule is NCC(=O)NC(CC(N)=O)C(=O)NC(Cc1ccccc1)C(=O)NCC(=O)O. The van der Waals surface area contributed by atoms with E-state index in [4.69, 9.17) is 16.6 Å². The highest BCUT2D eigenvalue weighted by molar-refractivity contribution is 5.95. The van der Waals surface area contributed by atoms with Gasteiger partial charge in [0.25, 0.3) is 0 Å². The molecule has 1 aromatic carbocycles. The van der Waals surface area contributed by atoms with E-state index in [-0.39, 0.29) is 6.42 Å². The smallest absolute Gasteiger partial charge is 0.322 e. The maximum atomic E-state index is 12.5. The average Bonchev–Trinajstić information content (AvgIpc) is 2.65. The number of carboxylic acid groups (broad SMARTS) is 1. The lowest BCUT2D eigenvalue weighted by Crippen LogP contribution is -2.56. The van der Waals surface area contributed by atoms with Crippen LogP contribution in [0.4, 0.5) is 0 Å². The molecule has 0 radical (unpaired) electrons. The quantitative estimate of drug-likeness (QED) is 0.234. The number of carbonyl (C=O) groups is 5. The van der Waals surface area contributed by atoms with Crippen LogP contribution in [0.15, 0.2) is 30.3 Å². The molecule has 0 saturated carbocycles. The Kier molecular flexibility index (Phi) is 9.10. The van der Waals surface area contributed by atoms with Gasteiger partial charge in [-0.1, -0.05) is 30.3 Å². The Hall–Kier alpha value is -3.47. The van der Waals surface area contributed by atoms with Crippen molar-refractivity contribution < 1.29 is 29.1 Å². The summed E-state index contributed by atoms with van der Waals surface area (Å²) in [4.78, 5) is 58.2. The minimum Gasteiger partial charge on any atom is -0.480 e. The molecule has 152 valence electrons. The van der Waals surface area contributed by atoms with Gasteiger partial charge in [0, 0.05) is 6.42 Å². The molecule has 0 saturated heterocycles. The summed E-state index contributed by atoms with van der Waals surface area (Å²) in [7, 11) is 0. The second-order valence-electron chi connectivity index (χ2n) is 5.86. The Morgan fingerprint density at radius 3 is 2.14 bits per heavy atom. The topological polar surface area (TPSA) is 194 Å². The second-order valence-corrected chi connectivity index (χ2v) is 5.86. The van der Waals surface area contributed by atoms with Crippen molar-refractivity contribution in [3.8, 4) is 0 Å². The zero-order chi connectivity index (χ0) is 21.1. The fraction of sp³-hybridized carbons (Fsp3) is 0.353. The summed E-state index contributed by atoms with van der Waals surface area (Å²) in [5.74, 6) is -4.33. The third-order valence-corrected chi connectivity index (χ3v) is 3.57. The molecule has 2 atom stereocenters. The minimum atomic E-state index is -1.32. The summed E-state index contributed by atoms with van der Waals surface area (Å²) in [6.07, 6.45) is -0.432. The molecule has 28 heavy (non-hydrogen) atoms. The fourth-order valence-corrected chi connectivity index (χ4v) is 2.28. The van der Waals surface area contributed by atoms with Crippen LogP contribution < -0.4 is 27.4 Å². The minimum absolute atomic E-state index is 0.0617. The van der Waals surface area contributed by atoms with E-state index in [9.17, 15) is 24.0 Å². The third-order valence-electron chi connectivity index (χ3n) is 3.57. The van der Waals surface area contributed by atoms with Crippen molar-refractivity contribution >= 4 is 29.6 Å². The van der Waals surface area contributed by atoms with E-state index >= 15 is 0 Å². The standard InChI is InChI=1S/C17H23N5O6/c18-8-14(24)21-12(7-13(19)23)17(28)22-11(16(27)20-9-15(25)26)6-10-4-2-1-3-5-10/h1-5,11-12H,6-9,18H2,(H2,19,23)(H,20,27)(H,21,24)(H,22,28)(H,25,26). The van der Waals surface area contributed by atoms with Gasteiger partial charge in [-0.2, -0.15) is 0 Å². The van der Waals surface area contributed by atoms with E-state index in [1.54, 1.807) is 30.3 Å². The van der Waals surface area contributed by atoms with Crippen molar-refractivity contribution in [3.05, 3.63) is 35.9 Å². The van der Waals surface area contributed by atoms with E-state index in [1.807, 2.05) is 0 Å². The number of carbonyl (C=O) groups excluding carboxylic acids is 4. The molecule has 0 aliphatic rings. The Morgan fingerprint density at radius 1 is 0.964 bits per heavy atom. The molecule has 4 amide bonds. The second kappa shape index (κ2) is 11.3. The average molecular weight is 393 g/mol. The summed E-state index contributed by atoms with van der Waals surface area (Å²) < 4.78 is 0. The summed E-state index contributed by atoms with van der Waals surface area (Å²) in [6.45, 7) is -1.04. The van der Waals surface area contributed by atoms with Crippen LogP contribution in [-0.4, -0.2) is 59.9 Å². The number of aliphatic carboxylic acids is 1. The van der Waals surface area contributed by atoms with Crippen molar-refractivity contribution in [2.75, 3.05) is 13.1 Å². The first-order valence-electron chi connectivity index (χ1n) is 8.34. The molecule has 11 heteroatoms. The van der Waals surface area contributed by atoms with Crippen molar-refractivity contribution in [1.82, 2.24) is 16.0 Å². The summed E-state index contributed by atoms with van der Waals surface area (Å²) >= 11 is 0. The summed E-state index contributed by atoms with van der Waals surface area (Å²) in [5, 5.41) is 15.6. The Balaban J connectivity index is 2.95. The Morgan fingerprint density at radius 2 is 1.61 bits per heavy atom. The third kappa shape index (κ3) is 8.27. The lowest BCUT2D eigenvalue weighted by molar-refractivity contribution is -0.138. The molecule has 0 bridgehead atoms. The number of hydrogen-bond acceptors (Lipinski definition) is 6. The van der Waals surface area contributed by atoms with E-state index in [0.717, 1.165) is 0 Å². The highest BCUT2D eigenvalue weighted by atomic mass is 16.4. The Labute approximate surface area is 160 Å². The number of benzene rings is 1. The van der Waals surface area contributed by atoms with Crippen LogP contribution in [0.3, 0.4) is 0 Å². The van der Waals surface area contributed by atoms with E-state index in [0.29, 0.717) is 5.56 Å². The zero-order valence-corrected chi connectivity index (χ0v) is 15.0. The van der Waals surface area contributed by atoms with E-state index in [1.165, 1.54) is 0 Å². The van der Waals surface area contributed by atoms with Crippen LogP contribution in [0.25, 0.3) is 0 Å². The number of hydrogen-bond donors (Lipinski definition) is 6. The summed E-state index contributed by atoms with van der Waals surface area (Å²) in [5.41, 5.74) is 11.0. The molecule has 0 spiro atoms. The van der Waals surface area contributed by atoms with Gasteiger partial charge >= 0.3 is 5.97 Å². The van der Waals surface area contributed by atoms with Crippen LogP contribution in [-0.2, 0) is 30.4 Å². The lowest BCUT2D eigenvalue weighted by Gasteiger charge is -2.22. The molecular weight excluding hydrogens is 370 g/mol. The van der Waals surface area contributed by atoms with Crippen LogP contribution in [0.5, 0.6) is 0 Å². The molecule has 0 aliphatic heterocycles. The van der Waals surface area contributed by atoms with Crippen molar-refractivity contribution in [1.29, 1.82) is 0 Å². The molecule has 1 rings (SSSR count). The Bertz CT molecular complexity index is 724. The van der Waals surface area contributed by atoms with Crippen LogP contribution in [0.2, 0.25) is 0 Å².